The van der Waals surface area contributed by atoms with Crippen LogP contribution in [0.2, 0.25) is 0 Å². The van der Waals surface area contributed by atoms with Gasteiger partial charge in [-0.3, -0.25) is 5.41 Å². The lowest BCUT2D eigenvalue weighted by molar-refractivity contribution is 1.18. The number of rotatable bonds is 8. The van der Waals surface area contributed by atoms with Crippen LogP contribution in [-0.2, 0) is 0 Å². The van der Waals surface area contributed by atoms with Gasteiger partial charge in [0.05, 0.1) is 33.8 Å². The average molecular weight is 793 g/mol. The molecule has 1 aliphatic rings. The summed E-state index contributed by atoms with van der Waals surface area (Å²) in [5.41, 5.74) is 17.7. The predicted molar refractivity (Wildman–Crippen MR) is 259 cm³/mol. The fraction of sp³-hybridized carbons (Fsp3) is 0. The van der Waals surface area contributed by atoms with Crippen molar-refractivity contribution in [1.82, 2.24) is 14.9 Å². The van der Waals surface area contributed by atoms with Gasteiger partial charge in [0.25, 0.3) is 0 Å². The molecule has 62 heavy (non-hydrogen) atoms. The fourth-order valence-electron chi connectivity index (χ4n) is 8.80. The summed E-state index contributed by atoms with van der Waals surface area (Å²) in [6, 6.07) is 78.3. The first-order chi connectivity index (χ1) is 30.7. The van der Waals surface area contributed by atoms with Crippen LogP contribution in [0.3, 0.4) is 0 Å². The Labute approximate surface area is 361 Å². The van der Waals surface area contributed by atoms with Crippen LogP contribution in [0.25, 0.3) is 84.2 Å². The summed E-state index contributed by atoms with van der Waals surface area (Å²) in [6.07, 6.45) is 2.24. The number of allylic oxidation sites excluding steroid dienone is 1. The number of hydrogen-bond donors (Lipinski definition) is 2. The molecule has 0 saturated heterocycles. The van der Waals surface area contributed by atoms with E-state index in [0.717, 1.165) is 84.1 Å². The molecule has 4 nitrogen and oxygen atoms in total. The number of pyridine rings is 1. The lowest BCUT2D eigenvalue weighted by atomic mass is 9.86. The molecule has 4 heteroatoms. The SMILES string of the molecule is N=C(/C(=C1\NC(c2ccccc2)=Cc2cc(-c3cc(-c4ccccc4)nc(-c4ccc(-n5c6ccccc6c6ccccc65)cc4)c3)ccc21)c1ccccc1)c1ccccc1. The zero-order valence-corrected chi connectivity index (χ0v) is 33.8. The molecule has 0 amide bonds. The maximum atomic E-state index is 9.66. The summed E-state index contributed by atoms with van der Waals surface area (Å²) in [6.45, 7) is 0. The number of nitrogens with zero attached hydrogens (tertiary/aromatic N) is 2. The Kier molecular flexibility index (Phi) is 9.29. The quantitative estimate of drug-likeness (QED) is 0.151. The van der Waals surface area contributed by atoms with Crippen LogP contribution in [0.5, 0.6) is 0 Å². The Hall–Kier alpha value is -8.34. The minimum atomic E-state index is 0.457. The molecule has 0 unspecified atom stereocenters. The van der Waals surface area contributed by atoms with Gasteiger partial charge in [-0.25, -0.2) is 4.98 Å². The Bertz CT molecular complexity index is 3290. The number of nitrogens with one attached hydrogen (secondary N) is 2. The third-order valence-corrected chi connectivity index (χ3v) is 11.8. The average Bonchev–Trinajstić information content (AvgIpc) is 3.69. The van der Waals surface area contributed by atoms with E-state index in [9.17, 15) is 5.41 Å². The van der Waals surface area contributed by atoms with E-state index in [0.29, 0.717) is 5.71 Å². The highest BCUT2D eigenvalue weighted by Crippen LogP contribution is 2.40. The van der Waals surface area contributed by atoms with Gasteiger partial charge in [0.1, 0.15) is 0 Å². The molecular weight excluding hydrogens is 753 g/mol. The van der Waals surface area contributed by atoms with Crippen LogP contribution in [0.4, 0.5) is 0 Å². The molecule has 0 saturated carbocycles. The van der Waals surface area contributed by atoms with Gasteiger partial charge in [-0.2, -0.15) is 0 Å². The standard InChI is InChI=1S/C58H40N4/c59-57(43-23-11-4-12-24-43)56(42-21-9-3-10-22-42)58-48-34-31-44(35-46(48)38-53(61-58)40-19-7-2-8-20-40)45-36-51(39-17-5-1-6-18-39)60-52(37-45)41-29-32-47(33-30-41)62-54-27-15-13-25-49(54)50-26-14-16-28-55(50)62/h1-38,59,61H/b58-56-,59-57?. The topological polar surface area (TPSA) is 53.7 Å². The molecule has 8 aromatic carbocycles. The van der Waals surface area contributed by atoms with E-state index in [1.807, 2.05) is 60.7 Å². The third kappa shape index (κ3) is 6.70. The Morgan fingerprint density at radius 3 is 1.55 bits per heavy atom. The first-order valence-corrected chi connectivity index (χ1v) is 21.0. The van der Waals surface area contributed by atoms with Crippen molar-refractivity contribution in [3.8, 4) is 39.3 Å². The van der Waals surface area contributed by atoms with Gasteiger partial charge in [0.15, 0.2) is 0 Å². The van der Waals surface area contributed by atoms with Crippen molar-refractivity contribution in [1.29, 1.82) is 5.41 Å². The maximum Gasteiger partial charge on any atom is 0.0715 e. The molecule has 0 atom stereocenters. The zero-order valence-electron chi connectivity index (χ0n) is 33.8. The highest BCUT2D eigenvalue weighted by Gasteiger charge is 2.24. The molecule has 2 aromatic heterocycles. The normalized spacial score (nSPS) is 13.0. The van der Waals surface area contributed by atoms with Crippen LogP contribution in [0.15, 0.2) is 224 Å². The lowest BCUT2D eigenvalue weighted by Gasteiger charge is -2.27. The molecule has 3 heterocycles. The van der Waals surface area contributed by atoms with Crippen LogP contribution in [0, 0.1) is 5.41 Å². The van der Waals surface area contributed by atoms with Crippen molar-refractivity contribution >= 4 is 50.6 Å². The van der Waals surface area contributed by atoms with E-state index < -0.39 is 0 Å². The molecule has 0 fully saturated rings. The van der Waals surface area contributed by atoms with Crippen molar-refractivity contribution < 1.29 is 0 Å². The monoisotopic (exact) mass is 792 g/mol. The van der Waals surface area contributed by atoms with E-state index in [4.69, 9.17) is 4.98 Å². The summed E-state index contributed by atoms with van der Waals surface area (Å²) in [5.74, 6) is 0. The molecular formula is C58H40N4. The Balaban J connectivity index is 1.06. The molecule has 2 N–H and O–H groups in total. The van der Waals surface area contributed by atoms with Gasteiger partial charge in [-0.05, 0) is 76.4 Å². The summed E-state index contributed by atoms with van der Waals surface area (Å²) in [4.78, 5) is 5.29. The molecule has 1 aliphatic heterocycles. The lowest BCUT2D eigenvalue weighted by Crippen LogP contribution is -2.20. The maximum absolute atomic E-state index is 9.66. The second kappa shape index (κ2) is 15.7. The number of fused-ring (bicyclic) bond motifs is 4. The first kappa shape index (κ1) is 36.7. The minimum Gasteiger partial charge on any atom is -0.354 e. The van der Waals surface area contributed by atoms with Crippen LogP contribution in [0.1, 0.15) is 27.8 Å². The van der Waals surface area contributed by atoms with Crippen LogP contribution >= 0.6 is 0 Å². The van der Waals surface area contributed by atoms with Gasteiger partial charge in [0.2, 0.25) is 0 Å². The molecule has 0 spiro atoms. The number of aromatic nitrogens is 2. The highest BCUT2D eigenvalue weighted by atomic mass is 15.0. The summed E-state index contributed by atoms with van der Waals surface area (Å²) in [7, 11) is 0. The minimum absolute atomic E-state index is 0.457. The van der Waals surface area contributed by atoms with Gasteiger partial charge in [0, 0.05) is 50.0 Å². The largest absolute Gasteiger partial charge is 0.354 e. The van der Waals surface area contributed by atoms with Gasteiger partial charge < -0.3 is 9.88 Å². The van der Waals surface area contributed by atoms with Crippen molar-refractivity contribution in [2.24, 2.45) is 0 Å². The number of hydrogen-bond acceptors (Lipinski definition) is 3. The summed E-state index contributed by atoms with van der Waals surface area (Å²) in [5, 5.41) is 16.0. The van der Waals surface area contributed by atoms with Crippen molar-refractivity contribution in [2.75, 3.05) is 0 Å². The van der Waals surface area contributed by atoms with E-state index in [-0.39, 0.29) is 0 Å². The first-order valence-electron chi connectivity index (χ1n) is 21.0. The van der Waals surface area contributed by atoms with E-state index in [2.05, 4.69) is 180 Å². The smallest absolute Gasteiger partial charge is 0.0715 e. The molecule has 11 rings (SSSR count). The highest BCUT2D eigenvalue weighted by molar-refractivity contribution is 6.36. The molecule has 292 valence electrons. The van der Waals surface area contributed by atoms with Crippen molar-refractivity contribution in [3.63, 3.8) is 0 Å². The zero-order chi connectivity index (χ0) is 41.4. The van der Waals surface area contributed by atoms with Crippen LogP contribution < -0.4 is 5.32 Å². The van der Waals surface area contributed by atoms with E-state index >= 15 is 0 Å². The second-order valence-corrected chi connectivity index (χ2v) is 15.6. The summed E-state index contributed by atoms with van der Waals surface area (Å²) >= 11 is 0. The van der Waals surface area contributed by atoms with Gasteiger partial charge in [-0.15, -0.1) is 0 Å². The Morgan fingerprint density at radius 1 is 0.435 bits per heavy atom. The van der Waals surface area contributed by atoms with Crippen molar-refractivity contribution in [2.45, 2.75) is 0 Å². The number of para-hydroxylation sites is 2. The van der Waals surface area contributed by atoms with E-state index in [1.165, 1.54) is 21.8 Å². The third-order valence-electron chi connectivity index (χ3n) is 11.8. The molecule has 0 radical (unpaired) electrons. The van der Waals surface area contributed by atoms with Crippen molar-refractivity contribution in [3.05, 3.63) is 252 Å². The molecule has 0 aliphatic carbocycles. The van der Waals surface area contributed by atoms with E-state index in [1.54, 1.807) is 0 Å². The molecule has 10 aromatic rings. The van der Waals surface area contributed by atoms with Crippen LogP contribution in [-0.4, -0.2) is 15.3 Å². The summed E-state index contributed by atoms with van der Waals surface area (Å²) < 4.78 is 2.35. The fourth-order valence-corrected chi connectivity index (χ4v) is 8.80. The van der Waals surface area contributed by atoms with Gasteiger partial charge >= 0.3 is 0 Å². The van der Waals surface area contributed by atoms with Gasteiger partial charge in [-0.1, -0.05) is 182 Å². The molecule has 0 bridgehead atoms. The predicted octanol–water partition coefficient (Wildman–Crippen LogP) is 14.2. The Morgan fingerprint density at radius 2 is 0.935 bits per heavy atom. The number of benzene rings is 8. The second-order valence-electron chi connectivity index (χ2n) is 15.6.